The van der Waals surface area contributed by atoms with Crippen molar-refractivity contribution in [1.82, 2.24) is 14.8 Å². The Kier molecular flexibility index (Phi) is 4.74. The molecule has 1 aromatic heterocycles. The number of carbonyl (C=O) groups excluding carboxylic acids is 2. The second kappa shape index (κ2) is 7.12. The van der Waals surface area contributed by atoms with Gasteiger partial charge in [-0.15, -0.1) is 0 Å². The molecule has 1 N–H and O–H groups in total. The van der Waals surface area contributed by atoms with Crippen molar-refractivity contribution in [3.63, 3.8) is 0 Å². The first-order chi connectivity index (χ1) is 11.6. The number of nitrogens with zero attached hydrogens (tertiary/aromatic N) is 3. The molecule has 0 bridgehead atoms. The van der Waals surface area contributed by atoms with Crippen molar-refractivity contribution in [2.75, 3.05) is 31.5 Å². The van der Waals surface area contributed by atoms with E-state index in [0.717, 1.165) is 11.3 Å². The smallest absolute Gasteiger partial charge is 0.321 e. The van der Waals surface area contributed by atoms with Gasteiger partial charge in [0.25, 0.3) is 5.91 Å². The lowest BCUT2D eigenvalue weighted by Gasteiger charge is -2.34. The minimum absolute atomic E-state index is 0.0175. The lowest BCUT2D eigenvalue weighted by molar-refractivity contribution is 0.0671. The molecule has 0 unspecified atom stereocenters. The molecule has 24 heavy (non-hydrogen) atoms. The lowest BCUT2D eigenvalue weighted by atomic mass is 10.2. The molecule has 1 aliphatic rings. The molecule has 1 aliphatic heterocycles. The fourth-order valence-electron chi connectivity index (χ4n) is 2.72. The fraction of sp³-hybridized carbons (Fsp3) is 0.278. The first-order valence-electron chi connectivity index (χ1n) is 7.95. The van der Waals surface area contributed by atoms with E-state index in [0.29, 0.717) is 31.7 Å². The molecular formula is C18H20N4O2. The Hall–Kier alpha value is -2.89. The normalized spacial score (nSPS) is 14.4. The summed E-state index contributed by atoms with van der Waals surface area (Å²) in [6, 6.07) is 11.0. The van der Waals surface area contributed by atoms with Crippen molar-refractivity contribution >= 4 is 17.6 Å². The van der Waals surface area contributed by atoms with Crippen LogP contribution in [-0.2, 0) is 0 Å². The molecule has 0 radical (unpaired) electrons. The van der Waals surface area contributed by atoms with Crippen LogP contribution in [0.1, 0.15) is 15.9 Å². The highest BCUT2D eigenvalue weighted by Crippen LogP contribution is 2.12. The average Bonchev–Trinajstić information content (AvgIpc) is 2.62. The van der Waals surface area contributed by atoms with E-state index in [1.807, 2.05) is 31.2 Å². The predicted molar refractivity (Wildman–Crippen MR) is 91.9 cm³/mol. The topological polar surface area (TPSA) is 65.5 Å². The summed E-state index contributed by atoms with van der Waals surface area (Å²) in [5.74, 6) is -0.0175. The summed E-state index contributed by atoms with van der Waals surface area (Å²) in [5.41, 5.74) is 2.51. The van der Waals surface area contributed by atoms with E-state index in [-0.39, 0.29) is 11.9 Å². The molecule has 2 heterocycles. The first-order valence-corrected chi connectivity index (χ1v) is 7.95. The minimum Gasteiger partial charge on any atom is -0.335 e. The number of carbonyl (C=O) groups is 2. The van der Waals surface area contributed by atoms with Gasteiger partial charge in [-0.05, 0) is 36.8 Å². The summed E-state index contributed by atoms with van der Waals surface area (Å²) >= 11 is 0. The fourth-order valence-corrected chi connectivity index (χ4v) is 2.72. The number of pyridine rings is 1. The van der Waals surface area contributed by atoms with Crippen molar-refractivity contribution in [1.29, 1.82) is 0 Å². The number of hydrogen-bond donors (Lipinski definition) is 1. The van der Waals surface area contributed by atoms with Crippen molar-refractivity contribution in [3.05, 3.63) is 59.9 Å². The summed E-state index contributed by atoms with van der Waals surface area (Å²) in [6.07, 6.45) is 3.22. The Morgan fingerprint density at radius 2 is 1.67 bits per heavy atom. The molecule has 3 rings (SSSR count). The van der Waals surface area contributed by atoms with Crippen LogP contribution in [0.3, 0.4) is 0 Å². The molecule has 3 amide bonds. The van der Waals surface area contributed by atoms with Gasteiger partial charge in [0.15, 0.2) is 0 Å². The molecule has 2 aromatic rings. The number of amides is 3. The number of urea groups is 1. The maximum atomic E-state index is 12.4. The Balaban J connectivity index is 1.55. The van der Waals surface area contributed by atoms with E-state index in [1.54, 1.807) is 34.3 Å². The summed E-state index contributed by atoms with van der Waals surface area (Å²) in [6.45, 7) is 4.09. The van der Waals surface area contributed by atoms with Gasteiger partial charge in [0.1, 0.15) is 0 Å². The number of aromatic nitrogens is 1. The second-order valence-electron chi connectivity index (χ2n) is 5.81. The SMILES string of the molecule is Cc1cccc(NC(=O)N2CCN(C(=O)c3ccncc3)CC2)c1. The maximum absolute atomic E-state index is 12.4. The number of anilines is 1. The van der Waals surface area contributed by atoms with Crippen molar-refractivity contribution < 1.29 is 9.59 Å². The first kappa shape index (κ1) is 16.0. The van der Waals surface area contributed by atoms with Gasteiger partial charge in [-0.2, -0.15) is 0 Å². The van der Waals surface area contributed by atoms with Crippen LogP contribution in [0.15, 0.2) is 48.8 Å². The second-order valence-corrected chi connectivity index (χ2v) is 5.81. The van der Waals surface area contributed by atoms with Crippen LogP contribution in [0.4, 0.5) is 10.5 Å². The van der Waals surface area contributed by atoms with Crippen LogP contribution in [0, 0.1) is 6.92 Å². The van der Waals surface area contributed by atoms with Gasteiger partial charge in [0, 0.05) is 49.8 Å². The number of aryl methyl sites for hydroxylation is 1. The molecule has 6 nitrogen and oxygen atoms in total. The van der Waals surface area contributed by atoms with E-state index in [4.69, 9.17) is 0 Å². The van der Waals surface area contributed by atoms with Gasteiger partial charge in [-0.3, -0.25) is 9.78 Å². The third-order valence-corrected chi connectivity index (χ3v) is 4.05. The van der Waals surface area contributed by atoms with E-state index in [9.17, 15) is 9.59 Å². The molecule has 1 saturated heterocycles. The Bertz CT molecular complexity index is 725. The minimum atomic E-state index is -0.128. The van der Waals surface area contributed by atoms with Gasteiger partial charge in [0.2, 0.25) is 0 Å². The van der Waals surface area contributed by atoms with E-state index < -0.39 is 0 Å². The molecule has 0 aliphatic carbocycles. The number of piperazine rings is 1. The molecule has 1 aromatic carbocycles. The van der Waals surface area contributed by atoms with Crippen molar-refractivity contribution in [2.45, 2.75) is 6.92 Å². The van der Waals surface area contributed by atoms with E-state index in [2.05, 4.69) is 10.3 Å². The molecule has 124 valence electrons. The van der Waals surface area contributed by atoms with Crippen molar-refractivity contribution in [2.24, 2.45) is 0 Å². The molecular weight excluding hydrogens is 304 g/mol. The monoisotopic (exact) mass is 324 g/mol. The van der Waals surface area contributed by atoms with Crippen LogP contribution in [0.2, 0.25) is 0 Å². The van der Waals surface area contributed by atoms with Crippen LogP contribution in [0.5, 0.6) is 0 Å². The van der Waals surface area contributed by atoms with E-state index >= 15 is 0 Å². The third-order valence-electron chi connectivity index (χ3n) is 4.05. The van der Waals surface area contributed by atoms with Crippen LogP contribution < -0.4 is 5.32 Å². The summed E-state index contributed by atoms with van der Waals surface area (Å²) in [7, 11) is 0. The van der Waals surface area contributed by atoms with Crippen molar-refractivity contribution in [3.8, 4) is 0 Å². The average molecular weight is 324 g/mol. The van der Waals surface area contributed by atoms with E-state index in [1.165, 1.54) is 0 Å². The van der Waals surface area contributed by atoms with Gasteiger partial charge < -0.3 is 15.1 Å². The number of nitrogens with one attached hydrogen (secondary N) is 1. The molecule has 1 fully saturated rings. The lowest BCUT2D eigenvalue weighted by Crippen LogP contribution is -2.51. The number of hydrogen-bond acceptors (Lipinski definition) is 3. The standard InChI is InChI=1S/C18H20N4O2/c1-14-3-2-4-16(13-14)20-18(24)22-11-9-21(10-12-22)17(23)15-5-7-19-8-6-15/h2-8,13H,9-12H2,1H3,(H,20,24). The van der Waals surface area contributed by atoms with Gasteiger partial charge in [0.05, 0.1) is 0 Å². The maximum Gasteiger partial charge on any atom is 0.321 e. The van der Waals surface area contributed by atoms with Gasteiger partial charge in [-0.1, -0.05) is 12.1 Å². The molecule has 0 atom stereocenters. The highest BCUT2D eigenvalue weighted by molar-refractivity contribution is 5.94. The molecule has 0 saturated carbocycles. The van der Waals surface area contributed by atoms with Crippen LogP contribution >= 0.6 is 0 Å². The Morgan fingerprint density at radius 3 is 2.33 bits per heavy atom. The number of benzene rings is 1. The Labute approximate surface area is 141 Å². The van der Waals surface area contributed by atoms with Gasteiger partial charge in [-0.25, -0.2) is 4.79 Å². The third kappa shape index (κ3) is 3.71. The molecule has 0 spiro atoms. The summed E-state index contributed by atoms with van der Waals surface area (Å²) in [4.78, 5) is 32.1. The highest BCUT2D eigenvalue weighted by atomic mass is 16.2. The zero-order valence-corrected chi connectivity index (χ0v) is 13.6. The van der Waals surface area contributed by atoms with Crippen LogP contribution in [0.25, 0.3) is 0 Å². The van der Waals surface area contributed by atoms with Crippen LogP contribution in [-0.4, -0.2) is 52.9 Å². The zero-order valence-electron chi connectivity index (χ0n) is 13.6. The molecule has 6 heteroatoms. The largest absolute Gasteiger partial charge is 0.335 e. The summed E-state index contributed by atoms with van der Waals surface area (Å²) < 4.78 is 0. The highest BCUT2D eigenvalue weighted by Gasteiger charge is 2.24. The Morgan fingerprint density at radius 1 is 1.00 bits per heavy atom. The van der Waals surface area contributed by atoms with Gasteiger partial charge >= 0.3 is 6.03 Å². The summed E-state index contributed by atoms with van der Waals surface area (Å²) in [5, 5.41) is 2.90. The zero-order chi connectivity index (χ0) is 16.9. The quantitative estimate of drug-likeness (QED) is 0.922. The predicted octanol–water partition coefficient (Wildman–Crippen LogP) is 2.38. The number of rotatable bonds is 2.